The van der Waals surface area contributed by atoms with Crippen LogP contribution in [0.2, 0.25) is 0 Å². The monoisotopic (exact) mass is 445 g/mol. The lowest BCUT2D eigenvalue weighted by Gasteiger charge is -2.16. The van der Waals surface area contributed by atoms with Crippen molar-refractivity contribution in [3.8, 4) is 0 Å². The Morgan fingerprint density at radius 3 is 2.52 bits per heavy atom. The molecule has 156 valence electrons. The number of amides is 1. The number of aliphatic imine (C=N–C) groups is 1. The van der Waals surface area contributed by atoms with Crippen molar-refractivity contribution < 1.29 is 4.79 Å². The first-order valence-corrected chi connectivity index (χ1v) is 12.1. The highest BCUT2D eigenvalue weighted by Gasteiger charge is 2.38. The number of thioether (sulfide) groups is 2. The van der Waals surface area contributed by atoms with Gasteiger partial charge in [0.1, 0.15) is 4.91 Å². The lowest BCUT2D eigenvalue weighted by atomic mass is 10.1. The van der Waals surface area contributed by atoms with Crippen LogP contribution < -0.4 is 4.90 Å². The third kappa shape index (κ3) is 3.75. The summed E-state index contributed by atoms with van der Waals surface area (Å²) in [7, 11) is 2.03. The molecule has 1 amide bonds. The van der Waals surface area contributed by atoms with Crippen LogP contribution in [0, 0.1) is 0 Å². The molecule has 0 aliphatic carbocycles. The second kappa shape index (κ2) is 8.44. The Balaban J connectivity index is 1.53. The van der Waals surface area contributed by atoms with Crippen LogP contribution in [0.25, 0.3) is 10.8 Å². The Labute approximate surface area is 191 Å². The molecule has 3 aromatic carbocycles. The zero-order valence-electron chi connectivity index (χ0n) is 17.5. The summed E-state index contributed by atoms with van der Waals surface area (Å²) in [4.78, 5) is 24.3. The van der Waals surface area contributed by atoms with Gasteiger partial charge in [-0.2, -0.15) is 0 Å². The molecule has 3 aromatic rings. The van der Waals surface area contributed by atoms with Crippen LogP contribution in [0.5, 0.6) is 0 Å². The van der Waals surface area contributed by atoms with E-state index in [1.807, 2.05) is 42.3 Å². The van der Waals surface area contributed by atoms with Crippen molar-refractivity contribution >= 4 is 56.7 Å². The van der Waals surface area contributed by atoms with E-state index in [0.717, 1.165) is 44.7 Å². The molecule has 0 bridgehead atoms. The van der Waals surface area contributed by atoms with Gasteiger partial charge in [-0.15, -0.1) is 0 Å². The molecule has 0 atom stereocenters. The maximum absolute atomic E-state index is 13.4. The van der Waals surface area contributed by atoms with Crippen LogP contribution in [0.15, 0.2) is 86.6 Å². The van der Waals surface area contributed by atoms with Crippen LogP contribution in [0.1, 0.15) is 19.8 Å². The van der Waals surface area contributed by atoms with Crippen molar-refractivity contribution in [3.05, 3.63) is 76.7 Å². The molecule has 0 aromatic heterocycles. The summed E-state index contributed by atoms with van der Waals surface area (Å²) in [5.41, 5.74) is 2.01. The Hall–Kier alpha value is -2.70. The first kappa shape index (κ1) is 20.2. The number of unbranched alkanes of at least 4 members (excludes halogenated alkanes) is 1. The number of anilines is 1. The minimum absolute atomic E-state index is 0.0557. The maximum atomic E-state index is 13.4. The molecule has 2 heterocycles. The normalized spacial score (nSPS) is 19.7. The van der Waals surface area contributed by atoms with Crippen LogP contribution in [0.4, 0.5) is 11.4 Å². The van der Waals surface area contributed by atoms with E-state index < -0.39 is 0 Å². The van der Waals surface area contributed by atoms with E-state index in [2.05, 4.69) is 48.2 Å². The van der Waals surface area contributed by atoms with Gasteiger partial charge in [0.25, 0.3) is 5.91 Å². The summed E-state index contributed by atoms with van der Waals surface area (Å²) in [6, 6.07) is 22.7. The van der Waals surface area contributed by atoms with Crippen molar-refractivity contribution in [2.75, 3.05) is 18.5 Å². The Morgan fingerprint density at radius 1 is 0.935 bits per heavy atom. The SMILES string of the molecule is CCCCN1C(=O)C(=C2Sc3ccccc3N2C)SC1=Nc1ccc2ccccc2c1. The largest absolute Gasteiger partial charge is 0.337 e. The van der Waals surface area contributed by atoms with E-state index in [1.165, 1.54) is 22.0 Å². The highest BCUT2D eigenvalue weighted by atomic mass is 32.2. The van der Waals surface area contributed by atoms with Gasteiger partial charge < -0.3 is 4.90 Å². The number of amidine groups is 1. The number of rotatable bonds is 4. The molecule has 0 unspecified atom stereocenters. The summed E-state index contributed by atoms with van der Waals surface area (Å²) in [6.07, 6.45) is 1.98. The number of carbonyl (C=O) groups excluding carboxylic acids is 1. The van der Waals surface area contributed by atoms with Gasteiger partial charge in [0.15, 0.2) is 5.17 Å². The number of hydrogen-bond donors (Lipinski definition) is 0. The van der Waals surface area contributed by atoms with E-state index in [1.54, 1.807) is 11.8 Å². The van der Waals surface area contributed by atoms with Crippen molar-refractivity contribution in [1.82, 2.24) is 4.90 Å². The first-order chi connectivity index (χ1) is 15.2. The Kier molecular flexibility index (Phi) is 5.50. The molecule has 0 spiro atoms. The molecule has 6 heteroatoms. The quantitative estimate of drug-likeness (QED) is 0.423. The third-order valence-electron chi connectivity index (χ3n) is 5.49. The zero-order chi connectivity index (χ0) is 21.4. The van der Waals surface area contributed by atoms with Crippen molar-refractivity contribution in [2.24, 2.45) is 4.99 Å². The van der Waals surface area contributed by atoms with Gasteiger partial charge in [0.05, 0.1) is 16.4 Å². The second-order valence-corrected chi connectivity index (χ2v) is 9.61. The molecule has 4 nitrogen and oxygen atoms in total. The van der Waals surface area contributed by atoms with Crippen molar-refractivity contribution in [2.45, 2.75) is 24.7 Å². The fraction of sp³-hybridized carbons (Fsp3) is 0.200. The third-order valence-corrected chi connectivity index (χ3v) is 7.92. The predicted molar refractivity (Wildman–Crippen MR) is 133 cm³/mol. The molecule has 2 aliphatic heterocycles. The van der Waals surface area contributed by atoms with Gasteiger partial charge in [-0.05, 0) is 53.2 Å². The van der Waals surface area contributed by atoms with Crippen LogP contribution in [0.3, 0.4) is 0 Å². The molecular weight excluding hydrogens is 422 g/mol. The van der Waals surface area contributed by atoms with E-state index >= 15 is 0 Å². The highest BCUT2D eigenvalue weighted by molar-refractivity contribution is 8.19. The van der Waals surface area contributed by atoms with Crippen LogP contribution in [-0.4, -0.2) is 29.6 Å². The number of fused-ring (bicyclic) bond motifs is 2. The summed E-state index contributed by atoms with van der Waals surface area (Å²) in [5, 5.41) is 4.09. The molecule has 2 aliphatic rings. The Morgan fingerprint density at radius 2 is 1.71 bits per heavy atom. The minimum Gasteiger partial charge on any atom is -0.337 e. The standard InChI is InChI=1S/C25H23N3OS2/c1-3-4-15-28-23(29)22(24-27(2)20-11-7-8-12-21(20)30-24)31-25(28)26-19-14-13-17-9-5-6-10-18(17)16-19/h5-14,16H,3-4,15H2,1-2H3. The minimum atomic E-state index is 0.0557. The average molecular weight is 446 g/mol. The average Bonchev–Trinajstić information content (AvgIpc) is 3.28. The van der Waals surface area contributed by atoms with Crippen molar-refractivity contribution in [1.29, 1.82) is 0 Å². The Bertz CT molecular complexity index is 1230. The summed E-state index contributed by atoms with van der Waals surface area (Å²) < 4.78 is 0. The highest BCUT2D eigenvalue weighted by Crippen LogP contribution is 2.50. The predicted octanol–water partition coefficient (Wildman–Crippen LogP) is 6.61. The molecule has 5 rings (SSSR count). The van der Waals surface area contributed by atoms with Gasteiger partial charge in [0, 0.05) is 18.5 Å². The fourth-order valence-electron chi connectivity index (χ4n) is 3.79. The summed E-state index contributed by atoms with van der Waals surface area (Å²) in [5.74, 6) is 0.0557. The molecule has 0 saturated carbocycles. The van der Waals surface area contributed by atoms with E-state index in [0.29, 0.717) is 6.54 Å². The lowest BCUT2D eigenvalue weighted by molar-refractivity contribution is -0.122. The number of nitrogens with zero attached hydrogens (tertiary/aromatic N) is 3. The molecule has 0 radical (unpaired) electrons. The number of para-hydroxylation sites is 1. The van der Waals surface area contributed by atoms with Gasteiger partial charge >= 0.3 is 0 Å². The molecule has 0 N–H and O–H groups in total. The first-order valence-electron chi connectivity index (χ1n) is 10.5. The second-order valence-electron chi connectivity index (χ2n) is 7.60. The molecule has 1 saturated heterocycles. The smallest absolute Gasteiger partial charge is 0.269 e. The maximum Gasteiger partial charge on any atom is 0.269 e. The molecule has 31 heavy (non-hydrogen) atoms. The lowest BCUT2D eigenvalue weighted by Crippen LogP contribution is -2.30. The summed E-state index contributed by atoms with van der Waals surface area (Å²) >= 11 is 3.16. The van der Waals surface area contributed by atoms with Gasteiger partial charge in [-0.1, -0.05) is 67.6 Å². The van der Waals surface area contributed by atoms with Gasteiger partial charge in [-0.25, -0.2) is 4.99 Å². The number of carbonyl (C=O) groups is 1. The fourth-order valence-corrected chi connectivity index (χ4v) is 6.16. The molecule has 1 fully saturated rings. The van der Waals surface area contributed by atoms with Gasteiger partial charge in [0.2, 0.25) is 0 Å². The van der Waals surface area contributed by atoms with E-state index in [-0.39, 0.29) is 5.91 Å². The van der Waals surface area contributed by atoms with Crippen LogP contribution in [-0.2, 0) is 4.79 Å². The number of benzene rings is 3. The van der Waals surface area contributed by atoms with Crippen molar-refractivity contribution in [3.63, 3.8) is 0 Å². The number of hydrogen-bond acceptors (Lipinski definition) is 5. The zero-order valence-corrected chi connectivity index (χ0v) is 19.2. The van der Waals surface area contributed by atoms with Crippen LogP contribution >= 0.6 is 23.5 Å². The molecular formula is C25H23N3OS2. The van der Waals surface area contributed by atoms with E-state index in [4.69, 9.17) is 4.99 Å². The van der Waals surface area contributed by atoms with E-state index in [9.17, 15) is 4.79 Å². The summed E-state index contributed by atoms with van der Waals surface area (Å²) in [6.45, 7) is 2.83. The van der Waals surface area contributed by atoms with Gasteiger partial charge in [-0.3, -0.25) is 9.69 Å². The topological polar surface area (TPSA) is 35.9 Å².